The summed E-state index contributed by atoms with van der Waals surface area (Å²) in [6.07, 6.45) is 2.35. The van der Waals surface area contributed by atoms with Crippen molar-refractivity contribution in [3.8, 4) is 23.0 Å². The van der Waals surface area contributed by atoms with Crippen LogP contribution in [-0.4, -0.2) is 58.2 Å². The Balaban J connectivity index is 1.64. The van der Waals surface area contributed by atoms with Gasteiger partial charge in [0, 0.05) is 5.70 Å². The number of carbonyl (C=O) groups is 3. The number of allylic oxidation sites excluding steroid dienone is 1. The van der Waals surface area contributed by atoms with Crippen LogP contribution in [0.4, 0.5) is 4.79 Å². The lowest BCUT2D eigenvalue weighted by molar-refractivity contribution is -0.139. The monoisotopic (exact) mass is 554 g/mol. The Kier molecular flexibility index (Phi) is 10.7. The summed E-state index contributed by atoms with van der Waals surface area (Å²) in [5.41, 5.74) is 4.34. The first-order valence-electron chi connectivity index (χ1n) is 12.7. The van der Waals surface area contributed by atoms with Crippen molar-refractivity contribution in [1.29, 1.82) is 0 Å². The number of nitrogens with zero attached hydrogens (tertiary/aromatic N) is 1. The molecule has 0 saturated heterocycles. The van der Waals surface area contributed by atoms with Crippen LogP contribution in [-0.2, 0) is 14.3 Å². The number of urea groups is 1. The van der Waals surface area contributed by atoms with Gasteiger partial charge in [-0.05, 0) is 61.7 Å². The molecule has 0 fully saturated rings. The Morgan fingerprint density at radius 2 is 1.70 bits per heavy atom. The summed E-state index contributed by atoms with van der Waals surface area (Å²) in [5.74, 6) is 0.743. The van der Waals surface area contributed by atoms with Gasteiger partial charge in [0.1, 0.15) is 0 Å². The number of amides is 3. The zero-order valence-electron chi connectivity index (χ0n) is 23.2. The van der Waals surface area contributed by atoms with Gasteiger partial charge >= 0.3 is 12.0 Å². The molecule has 1 aliphatic rings. The third kappa shape index (κ3) is 7.65. The highest BCUT2D eigenvalue weighted by Gasteiger charge is 2.32. The van der Waals surface area contributed by atoms with E-state index in [2.05, 4.69) is 21.2 Å². The van der Waals surface area contributed by atoms with Crippen molar-refractivity contribution in [3.05, 3.63) is 58.8 Å². The maximum atomic E-state index is 12.6. The van der Waals surface area contributed by atoms with Crippen molar-refractivity contribution in [1.82, 2.24) is 16.1 Å². The molecule has 0 saturated carbocycles. The first-order valence-corrected chi connectivity index (χ1v) is 12.7. The van der Waals surface area contributed by atoms with E-state index in [0.717, 1.165) is 6.42 Å². The third-order valence-electron chi connectivity index (χ3n) is 5.70. The molecule has 1 heterocycles. The van der Waals surface area contributed by atoms with Gasteiger partial charge in [0.2, 0.25) is 0 Å². The van der Waals surface area contributed by atoms with Crippen LogP contribution in [0.2, 0.25) is 0 Å². The van der Waals surface area contributed by atoms with E-state index < -0.39 is 23.9 Å². The fraction of sp³-hybridized carbons (Fsp3) is 0.357. The van der Waals surface area contributed by atoms with E-state index in [9.17, 15) is 14.4 Å². The van der Waals surface area contributed by atoms with E-state index in [-0.39, 0.29) is 24.5 Å². The summed E-state index contributed by atoms with van der Waals surface area (Å²) in [7, 11) is 2.99. The van der Waals surface area contributed by atoms with Crippen LogP contribution in [0.3, 0.4) is 0 Å². The van der Waals surface area contributed by atoms with Gasteiger partial charge in [-0.2, -0.15) is 5.10 Å². The van der Waals surface area contributed by atoms with Gasteiger partial charge in [-0.3, -0.25) is 4.79 Å². The Bertz CT molecular complexity index is 1290. The standard InChI is InChI=1S/C28H34N4O8/c1-6-12-39-20-10-8-18(13-22(20)36-4)15-29-32-24(33)16-40-21-11-9-19(14-23(21)37-5)26-25(27(34)38-7-2)17(3)30-28(35)31-26/h8-11,13-15,26H,6-7,12,16H2,1-5H3,(H,32,33)(H2,30,31,35)/b29-15-/t26-/m0/s1. The summed E-state index contributed by atoms with van der Waals surface area (Å²) < 4.78 is 27.2. The molecule has 0 aromatic heterocycles. The second kappa shape index (κ2) is 14.4. The second-order valence-electron chi connectivity index (χ2n) is 8.54. The molecule has 2 aromatic rings. The van der Waals surface area contributed by atoms with E-state index >= 15 is 0 Å². The number of rotatable bonds is 13. The number of ether oxygens (including phenoxy) is 5. The lowest BCUT2D eigenvalue weighted by Crippen LogP contribution is -2.45. The van der Waals surface area contributed by atoms with Gasteiger partial charge in [-0.15, -0.1) is 0 Å². The lowest BCUT2D eigenvalue weighted by Gasteiger charge is -2.28. The quantitative estimate of drug-likeness (QED) is 0.194. The molecule has 0 bridgehead atoms. The Labute approximate surface area is 232 Å². The van der Waals surface area contributed by atoms with E-state index in [1.165, 1.54) is 13.3 Å². The molecule has 12 nitrogen and oxygen atoms in total. The van der Waals surface area contributed by atoms with Crippen LogP contribution in [0, 0.1) is 0 Å². The fourth-order valence-electron chi connectivity index (χ4n) is 3.86. The van der Waals surface area contributed by atoms with Crippen molar-refractivity contribution in [2.45, 2.75) is 33.2 Å². The van der Waals surface area contributed by atoms with Crippen LogP contribution >= 0.6 is 0 Å². The molecule has 3 amide bonds. The predicted octanol–water partition coefficient (Wildman–Crippen LogP) is 3.21. The lowest BCUT2D eigenvalue weighted by atomic mass is 9.95. The van der Waals surface area contributed by atoms with E-state index in [1.54, 1.807) is 57.4 Å². The van der Waals surface area contributed by atoms with Crippen molar-refractivity contribution in [2.24, 2.45) is 5.10 Å². The molecule has 0 unspecified atom stereocenters. The number of hydrazone groups is 1. The van der Waals surface area contributed by atoms with Crippen LogP contribution in [0.25, 0.3) is 0 Å². The minimum atomic E-state index is -0.765. The molecular weight excluding hydrogens is 520 g/mol. The number of carbonyl (C=O) groups excluding carboxylic acids is 3. The Hall–Kier alpha value is -4.74. The molecule has 2 aromatic carbocycles. The summed E-state index contributed by atoms with van der Waals surface area (Å²) in [4.78, 5) is 37.0. The molecule has 3 N–H and O–H groups in total. The van der Waals surface area contributed by atoms with Crippen LogP contribution in [0.5, 0.6) is 23.0 Å². The molecule has 214 valence electrons. The molecule has 3 rings (SSSR count). The maximum absolute atomic E-state index is 12.6. The van der Waals surface area contributed by atoms with Gasteiger partial charge in [0.05, 0.1) is 45.3 Å². The summed E-state index contributed by atoms with van der Waals surface area (Å²) in [6, 6.07) is 8.97. The largest absolute Gasteiger partial charge is 0.493 e. The molecule has 0 spiro atoms. The van der Waals surface area contributed by atoms with Crippen LogP contribution in [0.1, 0.15) is 44.4 Å². The van der Waals surface area contributed by atoms with E-state index in [0.29, 0.717) is 40.7 Å². The van der Waals surface area contributed by atoms with Crippen molar-refractivity contribution in [2.75, 3.05) is 34.0 Å². The highest BCUT2D eigenvalue weighted by Crippen LogP contribution is 2.34. The summed E-state index contributed by atoms with van der Waals surface area (Å²) in [6.45, 7) is 5.77. The summed E-state index contributed by atoms with van der Waals surface area (Å²) in [5, 5.41) is 9.28. The van der Waals surface area contributed by atoms with Crippen molar-refractivity contribution in [3.63, 3.8) is 0 Å². The minimum absolute atomic E-state index is 0.187. The fourth-order valence-corrected chi connectivity index (χ4v) is 3.86. The first-order chi connectivity index (χ1) is 19.3. The van der Waals surface area contributed by atoms with Gasteiger partial charge in [0.15, 0.2) is 29.6 Å². The van der Waals surface area contributed by atoms with Gasteiger partial charge in [-0.1, -0.05) is 13.0 Å². The normalized spacial score (nSPS) is 14.7. The summed E-state index contributed by atoms with van der Waals surface area (Å²) >= 11 is 0. The minimum Gasteiger partial charge on any atom is -0.493 e. The topological polar surface area (TPSA) is 146 Å². The molecule has 1 aliphatic heterocycles. The number of hydrogen-bond donors (Lipinski definition) is 3. The molecule has 0 aliphatic carbocycles. The number of hydrogen-bond acceptors (Lipinski definition) is 9. The predicted molar refractivity (Wildman–Crippen MR) is 147 cm³/mol. The number of methoxy groups -OCH3 is 2. The van der Waals surface area contributed by atoms with Crippen molar-refractivity contribution < 1.29 is 38.1 Å². The SMILES string of the molecule is CCCOc1ccc(/C=N\NC(=O)COc2ccc([C@@H]3NC(=O)NC(C)=C3C(=O)OCC)cc2OC)cc1OC. The molecule has 12 heteroatoms. The average Bonchev–Trinajstić information content (AvgIpc) is 2.94. The van der Waals surface area contributed by atoms with Gasteiger partial charge < -0.3 is 34.3 Å². The highest BCUT2D eigenvalue weighted by atomic mass is 16.5. The molecular formula is C28H34N4O8. The maximum Gasteiger partial charge on any atom is 0.338 e. The molecule has 1 atom stereocenters. The van der Waals surface area contributed by atoms with E-state index in [4.69, 9.17) is 23.7 Å². The van der Waals surface area contributed by atoms with Crippen LogP contribution in [0.15, 0.2) is 52.8 Å². The number of benzene rings is 2. The van der Waals surface area contributed by atoms with E-state index in [1.807, 2.05) is 6.92 Å². The highest BCUT2D eigenvalue weighted by molar-refractivity contribution is 5.95. The Morgan fingerprint density at radius 3 is 2.40 bits per heavy atom. The second-order valence-corrected chi connectivity index (χ2v) is 8.54. The Morgan fingerprint density at radius 1 is 1.00 bits per heavy atom. The zero-order chi connectivity index (χ0) is 29.1. The number of nitrogens with one attached hydrogen (secondary N) is 3. The van der Waals surface area contributed by atoms with Crippen LogP contribution < -0.4 is 35.0 Å². The van der Waals surface area contributed by atoms with Gasteiger partial charge in [-0.25, -0.2) is 15.0 Å². The molecule has 0 radical (unpaired) electrons. The van der Waals surface area contributed by atoms with Gasteiger partial charge in [0.25, 0.3) is 5.91 Å². The smallest absolute Gasteiger partial charge is 0.338 e. The average molecular weight is 555 g/mol. The molecule has 40 heavy (non-hydrogen) atoms. The first kappa shape index (κ1) is 29.8. The third-order valence-corrected chi connectivity index (χ3v) is 5.70. The number of esters is 1. The zero-order valence-corrected chi connectivity index (χ0v) is 23.2. The van der Waals surface area contributed by atoms with Crippen molar-refractivity contribution >= 4 is 24.1 Å².